The molecule has 0 radical (unpaired) electrons. The van der Waals surface area contributed by atoms with E-state index in [4.69, 9.17) is 15.9 Å². The molecule has 1 aliphatic carbocycles. The molecule has 3 fully saturated rings. The van der Waals surface area contributed by atoms with E-state index in [0.29, 0.717) is 12.2 Å². The number of ether oxygens (including phenoxy) is 2. The molecule has 3 aliphatic rings. The summed E-state index contributed by atoms with van der Waals surface area (Å²) in [6.45, 7) is 2.06. The van der Waals surface area contributed by atoms with Gasteiger partial charge in [0.15, 0.2) is 5.79 Å². The molecule has 2 heterocycles. The molecule has 2 bridgehead atoms. The van der Waals surface area contributed by atoms with Crippen LogP contribution < -0.4 is 0 Å². The first-order chi connectivity index (χ1) is 6.69. The maximum Gasteiger partial charge on any atom is 0.167 e. The summed E-state index contributed by atoms with van der Waals surface area (Å²) in [5, 5.41) is 0. The molecule has 2 unspecified atom stereocenters. The van der Waals surface area contributed by atoms with Gasteiger partial charge in [0, 0.05) is 18.3 Å². The predicted octanol–water partition coefficient (Wildman–Crippen LogP) is 2.08. The number of hydrogen-bond donors (Lipinski definition) is 0. The van der Waals surface area contributed by atoms with Gasteiger partial charge in [-0.15, -0.1) is 12.3 Å². The lowest BCUT2D eigenvalue weighted by Crippen LogP contribution is -2.48. The fourth-order valence-electron chi connectivity index (χ4n) is 3.64. The largest absolute Gasteiger partial charge is 0.346 e. The second kappa shape index (κ2) is 2.53. The van der Waals surface area contributed by atoms with Gasteiger partial charge < -0.3 is 9.47 Å². The fraction of sp³-hybridized carbons (Fsp3) is 0.833. The third kappa shape index (κ3) is 0.898. The summed E-state index contributed by atoms with van der Waals surface area (Å²) in [6, 6.07) is 0. The summed E-state index contributed by atoms with van der Waals surface area (Å²) >= 11 is 0. The van der Waals surface area contributed by atoms with Crippen molar-refractivity contribution in [2.45, 2.75) is 57.0 Å². The van der Waals surface area contributed by atoms with Crippen molar-refractivity contribution in [1.29, 1.82) is 0 Å². The molecule has 2 nitrogen and oxygen atoms in total. The van der Waals surface area contributed by atoms with Crippen molar-refractivity contribution in [1.82, 2.24) is 0 Å². The third-order valence-corrected chi connectivity index (χ3v) is 4.08. The molecule has 2 atom stereocenters. The molecule has 0 aromatic heterocycles. The average Bonchev–Trinajstić information content (AvgIpc) is 2.52. The highest BCUT2D eigenvalue weighted by molar-refractivity contribution is 5.14. The molecule has 0 aromatic rings. The van der Waals surface area contributed by atoms with E-state index in [1.54, 1.807) is 0 Å². The topological polar surface area (TPSA) is 18.5 Å². The Balaban J connectivity index is 1.99. The van der Waals surface area contributed by atoms with Gasteiger partial charge in [-0.25, -0.2) is 0 Å². The van der Waals surface area contributed by atoms with Crippen molar-refractivity contribution in [3.05, 3.63) is 0 Å². The van der Waals surface area contributed by atoms with Gasteiger partial charge in [-0.2, -0.15) is 0 Å². The van der Waals surface area contributed by atoms with E-state index in [-0.39, 0.29) is 11.2 Å². The monoisotopic (exact) mass is 192 g/mol. The van der Waals surface area contributed by atoms with Gasteiger partial charge in [0.05, 0.1) is 12.2 Å². The minimum atomic E-state index is -0.327. The summed E-state index contributed by atoms with van der Waals surface area (Å²) in [7, 11) is 0. The highest BCUT2D eigenvalue weighted by atomic mass is 16.7. The number of terminal acetylenes is 1. The Morgan fingerprint density at radius 1 is 1.36 bits per heavy atom. The van der Waals surface area contributed by atoms with E-state index in [1.165, 1.54) is 6.42 Å². The maximum atomic E-state index is 5.96. The van der Waals surface area contributed by atoms with Crippen LogP contribution in [0.3, 0.4) is 0 Å². The first-order valence-corrected chi connectivity index (χ1v) is 5.48. The molecule has 2 saturated heterocycles. The van der Waals surface area contributed by atoms with Crippen LogP contribution in [0, 0.1) is 17.8 Å². The van der Waals surface area contributed by atoms with E-state index < -0.39 is 0 Å². The molecule has 14 heavy (non-hydrogen) atoms. The highest BCUT2D eigenvalue weighted by Crippen LogP contribution is 2.61. The number of hydrogen-bond acceptors (Lipinski definition) is 2. The van der Waals surface area contributed by atoms with Crippen molar-refractivity contribution < 1.29 is 9.47 Å². The van der Waals surface area contributed by atoms with Crippen LogP contribution in [0.15, 0.2) is 0 Å². The summed E-state index contributed by atoms with van der Waals surface area (Å²) in [5.74, 6) is 2.49. The summed E-state index contributed by atoms with van der Waals surface area (Å²) < 4.78 is 11.9. The van der Waals surface area contributed by atoms with Crippen molar-refractivity contribution >= 4 is 0 Å². The van der Waals surface area contributed by atoms with E-state index in [0.717, 1.165) is 25.7 Å². The summed E-state index contributed by atoms with van der Waals surface area (Å²) in [6.07, 6.45) is 11.6. The van der Waals surface area contributed by atoms with Crippen molar-refractivity contribution in [2.24, 2.45) is 5.41 Å². The zero-order valence-electron chi connectivity index (χ0n) is 8.58. The minimum Gasteiger partial charge on any atom is -0.346 e. The molecule has 0 aromatic carbocycles. The Kier molecular flexibility index (Phi) is 1.59. The van der Waals surface area contributed by atoms with E-state index in [9.17, 15) is 0 Å². The average molecular weight is 192 g/mol. The number of fused-ring (bicyclic) bond motifs is 1. The molecular weight excluding hydrogens is 176 g/mol. The Labute approximate surface area is 85.0 Å². The van der Waals surface area contributed by atoms with Gasteiger partial charge in [-0.1, -0.05) is 0 Å². The van der Waals surface area contributed by atoms with Crippen LogP contribution in [0.5, 0.6) is 0 Å². The molecule has 2 heteroatoms. The quantitative estimate of drug-likeness (QED) is 0.592. The van der Waals surface area contributed by atoms with Gasteiger partial charge in [0.1, 0.15) is 0 Å². The van der Waals surface area contributed by atoms with Crippen LogP contribution in [-0.4, -0.2) is 18.0 Å². The molecule has 0 amide bonds. The van der Waals surface area contributed by atoms with Crippen LogP contribution in [0.4, 0.5) is 0 Å². The highest BCUT2D eigenvalue weighted by Gasteiger charge is 2.66. The molecular formula is C12H16O2. The fourth-order valence-corrected chi connectivity index (χ4v) is 3.64. The van der Waals surface area contributed by atoms with Crippen LogP contribution in [-0.2, 0) is 9.47 Å². The molecule has 76 valence electrons. The SMILES string of the molecule is C#CCC12CC3(C)OC1CCCC2O3. The summed E-state index contributed by atoms with van der Waals surface area (Å²) in [5.41, 5.74) is 0.155. The first-order valence-electron chi connectivity index (χ1n) is 5.48. The summed E-state index contributed by atoms with van der Waals surface area (Å²) in [4.78, 5) is 0. The standard InChI is InChI=1S/C12H16O2/c1-3-7-12-8-11(2)13-9(12)5-4-6-10(12)14-11/h1,9-10H,4-8H2,2H3. The predicted molar refractivity (Wildman–Crippen MR) is 52.5 cm³/mol. The smallest absolute Gasteiger partial charge is 0.167 e. The Morgan fingerprint density at radius 2 is 2.00 bits per heavy atom. The van der Waals surface area contributed by atoms with Gasteiger partial charge in [0.25, 0.3) is 0 Å². The Hall–Kier alpha value is -0.520. The van der Waals surface area contributed by atoms with Crippen LogP contribution >= 0.6 is 0 Å². The second-order valence-corrected chi connectivity index (χ2v) is 5.07. The normalized spacial score (nSPS) is 54.6. The van der Waals surface area contributed by atoms with Gasteiger partial charge in [0.2, 0.25) is 0 Å². The molecule has 0 N–H and O–H groups in total. The van der Waals surface area contributed by atoms with Gasteiger partial charge in [-0.05, 0) is 26.2 Å². The second-order valence-electron chi connectivity index (χ2n) is 5.07. The zero-order valence-corrected chi connectivity index (χ0v) is 8.58. The van der Waals surface area contributed by atoms with Crippen LogP contribution in [0.25, 0.3) is 0 Å². The van der Waals surface area contributed by atoms with E-state index in [2.05, 4.69) is 12.8 Å². The lowest BCUT2D eigenvalue weighted by Gasteiger charge is -2.44. The molecule has 0 spiro atoms. The van der Waals surface area contributed by atoms with Crippen LogP contribution in [0.1, 0.15) is 39.0 Å². The number of rotatable bonds is 1. The molecule has 3 rings (SSSR count). The van der Waals surface area contributed by atoms with Gasteiger partial charge >= 0.3 is 0 Å². The maximum absolute atomic E-state index is 5.96. The van der Waals surface area contributed by atoms with Crippen molar-refractivity contribution in [3.8, 4) is 12.3 Å². The zero-order chi connectivity index (χ0) is 9.81. The lowest BCUT2D eigenvalue weighted by atomic mass is 9.68. The first kappa shape index (κ1) is 8.76. The third-order valence-electron chi connectivity index (χ3n) is 4.08. The lowest BCUT2D eigenvalue weighted by molar-refractivity contribution is -0.282. The van der Waals surface area contributed by atoms with E-state index in [1.807, 2.05) is 0 Å². The van der Waals surface area contributed by atoms with E-state index >= 15 is 0 Å². The molecule has 1 saturated carbocycles. The Bertz CT molecular complexity index is 288. The molecule has 2 aliphatic heterocycles. The van der Waals surface area contributed by atoms with Crippen LogP contribution in [0.2, 0.25) is 0 Å². The van der Waals surface area contributed by atoms with Crippen molar-refractivity contribution in [3.63, 3.8) is 0 Å². The minimum absolute atomic E-state index is 0.155. The van der Waals surface area contributed by atoms with Crippen molar-refractivity contribution in [2.75, 3.05) is 0 Å². The Morgan fingerprint density at radius 3 is 2.57 bits per heavy atom. The van der Waals surface area contributed by atoms with Gasteiger partial charge in [-0.3, -0.25) is 0 Å².